The maximum Gasteiger partial charge on any atom is 0.108 e. The fourth-order valence-corrected chi connectivity index (χ4v) is 1.28. The Bertz CT molecular complexity index is 85.3. The lowest BCUT2D eigenvalue weighted by atomic mass is 10.1. The molecule has 0 bridgehead atoms. The Kier molecular flexibility index (Phi) is 1.96. The summed E-state index contributed by atoms with van der Waals surface area (Å²) in [7, 11) is 0. The van der Waals surface area contributed by atoms with Crippen LogP contribution < -0.4 is 5.73 Å². The SMILES string of the molecule is C[C@@H]1[C@@H](N)[C@@H](O)[C@@H](O)[C@H]1O. The minimum atomic E-state index is -1.08. The molecular weight excluding hydrogens is 134 g/mol. The second-order valence-electron chi connectivity index (χ2n) is 2.91. The Labute approximate surface area is 59.3 Å². The number of aliphatic hydroxyl groups excluding tert-OH is 3. The first-order valence-electron chi connectivity index (χ1n) is 3.35. The molecule has 1 aliphatic rings. The van der Waals surface area contributed by atoms with Crippen molar-refractivity contribution < 1.29 is 15.3 Å². The second kappa shape index (κ2) is 2.47. The van der Waals surface area contributed by atoms with Gasteiger partial charge in [-0.05, 0) is 0 Å². The highest BCUT2D eigenvalue weighted by Gasteiger charge is 2.44. The van der Waals surface area contributed by atoms with E-state index < -0.39 is 24.4 Å². The van der Waals surface area contributed by atoms with Gasteiger partial charge in [-0.1, -0.05) is 6.92 Å². The van der Waals surface area contributed by atoms with Gasteiger partial charge in [0.05, 0.1) is 12.2 Å². The van der Waals surface area contributed by atoms with Crippen LogP contribution in [-0.4, -0.2) is 39.7 Å². The van der Waals surface area contributed by atoms with Crippen LogP contribution in [-0.2, 0) is 0 Å². The molecule has 1 rings (SSSR count). The van der Waals surface area contributed by atoms with E-state index in [1.54, 1.807) is 6.92 Å². The van der Waals surface area contributed by atoms with Crippen molar-refractivity contribution in [2.75, 3.05) is 0 Å². The molecule has 60 valence electrons. The molecule has 0 aromatic carbocycles. The molecule has 4 heteroatoms. The largest absolute Gasteiger partial charge is 0.390 e. The maximum absolute atomic E-state index is 9.12. The van der Waals surface area contributed by atoms with Crippen LogP contribution in [0.4, 0.5) is 0 Å². The summed E-state index contributed by atoms with van der Waals surface area (Å²) in [6, 6.07) is -0.509. The average Bonchev–Trinajstić information content (AvgIpc) is 2.07. The van der Waals surface area contributed by atoms with E-state index in [4.69, 9.17) is 21.1 Å². The lowest BCUT2D eigenvalue weighted by Crippen LogP contribution is -2.37. The van der Waals surface area contributed by atoms with Gasteiger partial charge in [0.1, 0.15) is 6.10 Å². The summed E-state index contributed by atoms with van der Waals surface area (Å²) >= 11 is 0. The predicted molar refractivity (Wildman–Crippen MR) is 35.2 cm³/mol. The van der Waals surface area contributed by atoms with Crippen molar-refractivity contribution in [1.29, 1.82) is 0 Å². The van der Waals surface area contributed by atoms with Crippen molar-refractivity contribution in [3.05, 3.63) is 0 Å². The summed E-state index contributed by atoms with van der Waals surface area (Å²) in [5.41, 5.74) is 5.43. The number of rotatable bonds is 0. The molecule has 10 heavy (non-hydrogen) atoms. The molecule has 0 heterocycles. The molecule has 0 aromatic rings. The van der Waals surface area contributed by atoms with Crippen LogP contribution in [0.3, 0.4) is 0 Å². The zero-order valence-corrected chi connectivity index (χ0v) is 5.81. The first-order chi connectivity index (χ1) is 4.55. The summed E-state index contributed by atoms with van der Waals surface area (Å²) in [6.07, 6.45) is -2.94. The smallest absolute Gasteiger partial charge is 0.108 e. The summed E-state index contributed by atoms with van der Waals surface area (Å²) in [4.78, 5) is 0. The summed E-state index contributed by atoms with van der Waals surface area (Å²) in [5.74, 6) is -0.231. The predicted octanol–water partition coefficient (Wildman–Crippen LogP) is -1.95. The molecule has 5 atom stereocenters. The molecule has 0 aliphatic heterocycles. The first kappa shape index (κ1) is 7.94. The Morgan fingerprint density at radius 1 is 1.00 bits per heavy atom. The van der Waals surface area contributed by atoms with Crippen LogP contribution in [0.2, 0.25) is 0 Å². The van der Waals surface area contributed by atoms with Crippen LogP contribution in [0.5, 0.6) is 0 Å². The van der Waals surface area contributed by atoms with Crippen molar-refractivity contribution in [3.63, 3.8) is 0 Å². The molecule has 0 saturated heterocycles. The van der Waals surface area contributed by atoms with Gasteiger partial charge < -0.3 is 21.1 Å². The standard InChI is InChI=1S/C6H13NO3/c1-2-3(7)5(9)6(10)4(2)8/h2-6,8-10H,7H2,1H3/t2-,3-,4+,5-,6+/m1/s1. The van der Waals surface area contributed by atoms with Crippen LogP contribution in [0.15, 0.2) is 0 Å². The van der Waals surface area contributed by atoms with Crippen molar-refractivity contribution in [2.24, 2.45) is 11.7 Å². The van der Waals surface area contributed by atoms with Gasteiger partial charge in [0.25, 0.3) is 0 Å². The lowest BCUT2D eigenvalue weighted by molar-refractivity contribution is -0.0257. The van der Waals surface area contributed by atoms with Gasteiger partial charge in [-0.15, -0.1) is 0 Å². The quantitative estimate of drug-likeness (QED) is 0.320. The highest BCUT2D eigenvalue weighted by Crippen LogP contribution is 2.24. The zero-order valence-electron chi connectivity index (χ0n) is 5.81. The van der Waals surface area contributed by atoms with Crippen molar-refractivity contribution in [3.8, 4) is 0 Å². The highest BCUT2D eigenvalue weighted by atomic mass is 16.4. The topological polar surface area (TPSA) is 86.7 Å². The molecule has 0 unspecified atom stereocenters. The molecular formula is C6H13NO3. The fraction of sp³-hybridized carbons (Fsp3) is 1.00. The molecule has 1 saturated carbocycles. The average molecular weight is 147 g/mol. The molecule has 4 nitrogen and oxygen atoms in total. The third-order valence-electron chi connectivity index (χ3n) is 2.24. The number of nitrogens with two attached hydrogens (primary N) is 1. The minimum absolute atomic E-state index is 0.231. The Morgan fingerprint density at radius 3 is 1.60 bits per heavy atom. The fourth-order valence-electron chi connectivity index (χ4n) is 1.28. The Balaban J connectivity index is 2.68. The summed E-state index contributed by atoms with van der Waals surface area (Å²) < 4.78 is 0. The van der Waals surface area contributed by atoms with Gasteiger partial charge in [-0.25, -0.2) is 0 Å². The monoisotopic (exact) mass is 147 g/mol. The van der Waals surface area contributed by atoms with Crippen LogP contribution in [0.1, 0.15) is 6.92 Å². The van der Waals surface area contributed by atoms with Gasteiger partial charge >= 0.3 is 0 Å². The van der Waals surface area contributed by atoms with Crippen LogP contribution in [0, 0.1) is 5.92 Å². The lowest BCUT2D eigenvalue weighted by Gasteiger charge is -2.12. The van der Waals surface area contributed by atoms with E-state index in [-0.39, 0.29) is 5.92 Å². The highest BCUT2D eigenvalue weighted by molar-refractivity contribution is 4.98. The third-order valence-corrected chi connectivity index (χ3v) is 2.24. The van der Waals surface area contributed by atoms with E-state index >= 15 is 0 Å². The maximum atomic E-state index is 9.12. The third kappa shape index (κ3) is 0.932. The second-order valence-corrected chi connectivity index (χ2v) is 2.91. The van der Waals surface area contributed by atoms with E-state index in [2.05, 4.69) is 0 Å². The van der Waals surface area contributed by atoms with Gasteiger partial charge in [-0.2, -0.15) is 0 Å². The van der Waals surface area contributed by atoms with E-state index in [0.717, 1.165) is 0 Å². The van der Waals surface area contributed by atoms with Gasteiger partial charge in [0.15, 0.2) is 0 Å². The van der Waals surface area contributed by atoms with E-state index in [9.17, 15) is 0 Å². The van der Waals surface area contributed by atoms with Gasteiger partial charge in [0, 0.05) is 12.0 Å². The summed E-state index contributed by atoms with van der Waals surface area (Å²) in [6.45, 7) is 1.70. The Hall–Kier alpha value is -0.160. The van der Waals surface area contributed by atoms with Crippen molar-refractivity contribution in [2.45, 2.75) is 31.3 Å². The van der Waals surface area contributed by atoms with Gasteiger partial charge in [0.2, 0.25) is 0 Å². The summed E-state index contributed by atoms with van der Waals surface area (Å²) in [5, 5.41) is 27.2. The van der Waals surface area contributed by atoms with Crippen molar-refractivity contribution >= 4 is 0 Å². The normalized spacial score (nSPS) is 55.5. The first-order valence-corrected chi connectivity index (χ1v) is 3.35. The van der Waals surface area contributed by atoms with E-state index in [1.165, 1.54) is 0 Å². The molecule has 1 fully saturated rings. The van der Waals surface area contributed by atoms with E-state index in [1.807, 2.05) is 0 Å². The number of hydrogen-bond donors (Lipinski definition) is 4. The van der Waals surface area contributed by atoms with Gasteiger partial charge in [-0.3, -0.25) is 0 Å². The van der Waals surface area contributed by atoms with Crippen LogP contribution in [0.25, 0.3) is 0 Å². The molecule has 5 N–H and O–H groups in total. The molecule has 0 spiro atoms. The van der Waals surface area contributed by atoms with E-state index in [0.29, 0.717) is 0 Å². The minimum Gasteiger partial charge on any atom is -0.390 e. The number of hydrogen-bond acceptors (Lipinski definition) is 4. The van der Waals surface area contributed by atoms with Crippen molar-refractivity contribution in [1.82, 2.24) is 0 Å². The molecule has 1 aliphatic carbocycles. The molecule has 0 aromatic heterocycles. The zero-order chi connectivity index (χ0) is 7.89. The number of aliphatic hydroxyl groups is 3. The molecule has 0 radical (unpaired) electrons. The molecule has 0 amide bonds. The Morgan fingerprint density at radius 2 is 1.50 bits per heavy atom. The van der Waals surface area contributed by atoms with Crippen LogP contribution >= 0.6 is 0 Å².